The third-order valence-electron chi connectivity index (χ3n) is 8.55. The highest BCUT2D eigenvalue weighted by Gasteiger charge is 2.43. The number of rotatable bonds is 3. The average Bonchev–Trinajstić information content (AvgIpc) is 3.74. The Bertz CT molecular complexity index is 1790. The first-order valence-corrected chi connectivity index (χ1v) is 17.0. The van der Waals surface area contributed by atoms with Crippen molar-refractivity contribution in [3.8, 4) is 23.0 Å². The van der Waals surface area contributed by atoms with Gasteiger partial charge in [0.1, 0.15) is 35.9 Å². The van der Waals surface area contributed by atoms with Crippen LogP contribution in [0.2, 0.25) is 0 Å². The minimum absolute atomic E-state index is 0.111. The first kappa shape index (κ1) is 33.8. The average molecular weight is 695 g/mol. The molecule has 5 heterocycles. The molecule has 0 unspecified atom stereocenters. The molecule has 3 aliphatic heterocycles. The summed E-state index contributed by atoms with van der Waals surface area (Å²) < 4.78 is 24.3. The zero-order valence-corrected chi connectivity index (χ0v) is 28.1. The molecule has 15 nitrogen and oxygen atoms in total. The van der Waals surface area contributed by atoms with Crippen molar-refractivity contribution in [2.45, 2.75) is 37.8 Å². The number of carbonyl (C=O) groups is 4. The Balaban J connectivity index is 1.24. The second kappa shape index (κ2) is 15.0. The van der Waals surface area contributed by atoms with Crippen LogP contribution in [0.25, 0.3) is 0 Å². The Hall–Kier alpha value is -5.12. The molecule has 3 aromatic rings. The SMILES string of the molecule is COc1ccc2cc1O[C@H]1C[C@@H](C(=O)NCCCCN(C(=O)c3ccc(=O)n(C)n3)CCCNC2=O)N(C(=O)c2scc3c2OCCO3)C1. The van der Waals surface area contributed by atoms with Crippen molar-refractivity contribution in [1.29, 1.82) is 0 Å². The van der Waals surface area contributed by atoms with E-state index >= 15 is 0 Å². The summed E-state index contributed by atoms with van der Waals surface area (Å²) >= 11 is 1.20. The Morgan fingerprint density at radius 3 is 2.57 bits per heavy atom. The van der Waals surface area contributed by atoms with E-state index in [1.54, 1.807) is 28.5 Å². The standard InChI is InChI=1S/C33H38N6O9S/c1-37-27(40)9-7-22(36-37)32(43)38-12-4-3-10-35-31(42)23-17-21(18-39(23)33(44)29-28-26(19-49-29)46-14-15-47-28)48-25-16-20(6-8-24(25)45-2)30(41)34-11-5-13-38/h6-9,16,19,21,23H,3-5,10-15,17-18H2,1-2H3,(H,34,41)(H,35,42)/t21-,23-/m0/s1. The number of hydrogen-bond acceptors (Lipinski definition) is 11. The molecule has 1 saturated heterocycles. The second-order valence-corrected chi connectivity index (χ2v) is 12.7. The summed E-state index contributed by atoms with van der Waals surface area (Å²) in [6, 6.07) is 6.68. The minimum Gasteiger partial charge on any atom is -0.493 e. The quantitative estimate of drug-likeness (QED) is 0.409. The fraction of sp³-hybridized carbons (Fsp3) is 0.455. The van der Waals surface area contributed by atoms with Gasteiger partial charge in [0.25, 0.3) is 23.3 Å². The highest BCUT2D eigenvalue weighted by molar-refractivity contribution is 7.12. The highest BCUT2D eigenvalue weighted by atomic mass is 32.1. The number of aryl methyl sites for hydroxylation is 1. The lowest BCUT2D eigenvalue weighted by Gasteiger charge is -2.25. The molecule has 49 heavy (non-hydrogen) atoms. The van der Waals surface area contributed by atoms with Crippen molar-refractivity contribution in [2.75, 3.05) is 53.0 Å². The van der Waals surface area contributed by atoms with Crippen molar-refractivity contribution < 1.29 is 38.1 Å². The van der Waals surface area contributed by atoms with E-state index in [9.17, 15) is 24.0 Å². The normalized spacial score (nSPS) is 20.2. The zero-order valence-electron chi connectivity index (χ0n) is 27.3. The fourth-order valence-corrected chi connectivity index (χ4v) is 6.90. The maximum absolute atomic E-state index is 13.9. The predicted octanol–water partition coefficient (Wildman–Crippen LogP) is 1.46. The molecule has 0 saturated carbocycles. The van der Waals surface area contributed by atoms with Crippen LogP contribution in [0.3, 0.4) is 0 Å². The third kappa shape index (κ3) is 7.48. The molecule has 0 spiro atoms. The summed E-state index contributed by atoms with van der Waals surface area (Å²) in [7, 11) is 2.97. The molecule has 4 amide bonds. The van der Waals surface area contributed by atoms with E-state index in [2.05, 4.69) is 15.7 Å². The molecule has 0 radical (unpaired) electrons. The smallest absolute Gasteiger partial charge is 0.274 e. The molecule has 16 heteroatoms. The summed E-state index contributed by atoms with van der Waals surface area (Å²) in [5.41, 5.74) is 0.135. The van der Waals surface area contributed by atoms with Crippen LogP contribution in [0.5, 0.6) is 23.0 Å². The van der Waals surface area contributed by atoms with Gasteiger partial charge in [0.2, 0.25) is 5.91 Å². The van der Waals surface area contributed by atoms with E-state index < -0.39 is 12.1 Å². The number of carbonyl (C=O) groups excluding carboxylic acids is 4. The van der Waals surface area contributed by atoms with Gasteiger partial charge in [0.05, 0.1) is 13.7 Å². The summed E-state index contributed by atoms with van der Waals surface area (Å²) in [5.74, 6) is 0.191. The molecule has 3 aliphatic rings. The number of thiophene rings is 1. The van der Waals surface area contributed by atoms with Crippen LogP contribution in [0, 0.1) is 0 Å². The molecule has 2 aromatic heterocycles. The molecule has 260 valence electrons. The van der Waals surface area contributed by atoms with Gasteiger partial charge in [-0.1, -0.05) is 0 Å². The van der Waals surface area contributed by atoms with E-state index in [1.165, 1.54) is 42.5 Å². The van der Waals surface area contributed by atoms with Gasteiger partial charge in [-0.3, -0.25) is 24.0 Å². The summed E-state index contributed by atoms with van der Waals surface area (Å²) in [4.78, 5) is 69.5. The molecular formula is C33H38N6O9S. The van der Waals surface area contributed by atoms with E-state index in [1.807, 2.05) is 0 Å². The van der Waals surface area contributed by atoms with Gasteiger partial charge < -0.3 is 39.4 Å². The number of nitrogens with one attached hydrogen (secondary N) is 2. The van der Waals surface area contributed by atoms with Crippen LogP contribution in [-0.2, 0) is 11.8 Å². The van der Waals surface area contributed by atoms with Gasteiger partial charge in [-0.25, -0.2) is 4.68 Å². The van der Waals surface area contributed by atoms with Crippen LogP contribution in [0.15, 0.2) is 40.5 Å². The van der Waals surface area contributed by atoms with Crippen LogP contribution in [-0.4, -0.2) is 108 Å². The van der Waals surface area contributed by atoms with Gasteiger partial charge in [-0.2, -0.15) is 5.10 Å². The van der Waals surface area contributed by atoms with E-state index in [-0.39, 0.29) is 47.8 Å². The molecule has 2 N–H and O–H groups in total. The Kier molecular flexibility index (Phi) is 10.3. The van der Waals surface area contributed by atoms with Gasteiger partial charge in [0.15, 0.2) is 23.0 Å². The number of ether oxygens (including phenoxy) is 4. The topological polar surface area (TPSA) is 171 Å². The summed E-state index contributed by atoms with van der Waals surface area (Å²) in [6.07, 6.45) is 1.22. The fourth-order valence-electron chi connectivity index (χ4n) is 6.01. The summed E-state index contributed by atoms with van der Waals surface area (Å²) in [5, 5.41) is 11.7. The van der Waals surface area contributed by atoms with Crippen molar-refractivity contribution in [3.63, 3.8) is 0 Å². The van der Waals surface area contributed by atoms with Gasteiger partial charge >= 0.3 is 0 Å². The van der Waals surface area contributed by atoms with Crippen molar-refractivity contribution in [1.82, 2.24) is 30.2 Å². The Labute approximate surface area is 286 Å². The number of hydrogen-bond donors (Lipinski definition) is 2. The third-order valence-corrected chi connectivity index (χ3v) is 9.48. The molecule has 1 aromatic carbocycles. The van der Waals surface area contributed by atoms with Crippen molar-refractivity contribution in [3.05, 3.63) is 62.2 Å². The monoisotopic (exact) mass is 694 g/mol. The van der Waals surface area contributed by atoms with E-state index in [0.29, 0.717) is 92.1 Å². The van der Waals surface area contributed by atoms with Crippen LogP contribution < -0.4 is 35.1 Å². The molecule has 1 fully saturated rings. The van der Waals surface area contributed by atoms with Crippen molar-refractivity contribution >= 4 is 35.0 Å². The minimum atomic E-state index is -0.840. The molecule has 4 bridgehead atoms. The van der Waals surface area contributed by atoms with E-state index in [0.717, 1.165) is 4.68 Å². The number of benzene rings is 1. The van der Waals surface area contributed by atoms with Gasteiger partial charge in [0, 0.05) is 56.7 Å². The predicted molar refractivity (Wildman–Crippen MR) is 177 cm³/mol. The summed E-state index contributed by atoms with van der Waals surface area (Å²) in [6.45, 7) is 2.12. The Morgan fingerprint density at radius 1 is 0.959 bits per heavy atom. The largest absolute Gasteiger partial charge is 0.493 e. The lowest BCUT2D eigenvalue weighted by Crippen LogP contribution is -2.46. The van der Waals surface area contributed by atoms with Crippen molar-refractivity contribution in [2.24, 2.45) is 7.05 Å². The number of likely N-dealkylation sites (tertiary alicyclic amines) is 1. The number of amides is 4. The van der Waals surface area contributed by atoms with E-state index in [4.69, 9.17) is 18.9 Å². The molecule has 0 aliphatic carbocycles. The number of nitrogens with zero attached hydrogens (tertiary/aromatic N) is 4. The maximum atomic E-state index is 13.9. The number of methoxy groups -OCH3 is 1. The van der Waals surface area contributed by atoms with Crippen LogP contribution in [0.1, 0.15) is 56.2 Å². The highest BCUT2D eigenvalue weighted by Crippen LogP contribution is 2.41. The lowest BCUT2D eigenvalue weighted by molar-refractivity contribution is -0.124. The molecule has 2 atom stereocenters. The molecular weight excluding hydrogens is 656 g/mol. The number of aromatic nitrogens is 2. The first-order valence-electron chi connectivity index (χ1n) is 16.2. The van der Waals surface area contributed by atoms with Gasteiger partial charge in [-0.05, 0) is 43.5 Å². The zero-order chi connectivity index (χ0) is 34.5. The lowest BCUT2D eigenvalue weighted by atomic mass is 10.1. The maximum Gasteiger partial charge on any atom is 0.274 e. The molecule has 6 rings (SSSR count). The van der Waals surface area contributed by atoms with Crippen LogP contribution >= 0.6 is 11.3 Å². The van der Waals surface area contributed by atoms with Crippen LogP contribution in [0.4, 0.5) is 0 Å². The number of fused-ring (bicyclic) bond motifs is 5. The second-order valence-electron chi connectivity index (χ2n) is 11.8. The first-order chi connectivity index (χ1) is 23.7. The van der Waals surface area contributed by atoms with Gasteiger partial charge in [-0.15, -0.1) is 11.3 Å². The Morgan fingerprint density at radius 2 is 1.76 bits per heavy atom.